The Labute approximate surface area is 144 Å². The first-order valence-electron chi connectivity index (χ1n) is 8.14. The second-order valence-corrected chi connectivity index (χ2v) is 6.50. The van der Waals surface area contributed by atoms with E-state index in [9.17, 15) is 4.79 Å². The van der Waals surface area contributed by atoms with Gasteiger partial charge in [-0.05, 0) is 18.9 Å². The van der Waals surface area contributed by atoms with E-state index in [0.29, 0.717) is 28.7 Å². The molecule has 24 heavy (non-hydrogen) atoms. The van der Waals surface area contributed by atoms with E-state index in [-0.39, 0.29) is 5.69 Å². The van der Waals surface area contributed by atoms with Crippen LogP contribution in [0.15, 0.2) is 40.3 Å². The number of aromatic nitrogens is 4. The number of aromatic amines is 1. The Hall–Kier alpha value is -2.28. The molecule has 0 amide bonds. The van der Waals surface area contributed by atoms with Gasteiger partial charge in [0.05, 0.1) is 6.54 Å². The van der Waals surface area contributed by atoms with Gasteiger partial charge in [0.1, 0.15) is 5.52 Å². The van der Waals surface area contributed by atoms with E-state index in [1.165, 1.54) is 0 Å². The molecule has 2 aromatic heterocycles. The van der Waals surface area contributed by atoms with E-state index in [0.717, 1.165) is 24.3 Å². The van der Waals surface area contributed by atoms with Crippen LogP contribution in [0.1, 0.15) is 25.8 Å². The Morgan fingerprint density at radius 2 is 2.00 bits per heavy atom. The van der Waals surface area contributed by atoms with Crippen molar-refractivity contribution in [2.24, 2.45) is 0 Å². The maximum Gasteiger partial charge on any atom is 0.328 e. The van der Waals surface area contributed by atoms with E-state index >= 15 is 0 Å². The van der Waals surface area contributed by atoms with Crippen LogP contribution in [0.25, 0.3) is 11.2 Å². The maximum atomic E-state index is 12.4. The molecule has 3 aromatic rings. The van der Waals surface area contributed by atoms with Gasteiger partial charge in [-0.25, -0.2) is 14.8 Å². The molecule has 0 unspecified atom stereocenters. The Bertz CT molecular complexity index is 872. The molecule has 0 aliphatic rings. The highest BCUT2D eigenvalue weighted by molar-refractivity contribution is 7.99. The maximum absolute atomic E-state index is 12.4. The highest BCUT2D eigenvalue weighted by Crippen LogP contribution is 2.23. The summed E-state index contributed by atoms with van der Waals surface area (Å²) in [6.45, 7) is 5.35. The minimum atomic E-state index is -0.167. The summed E-state index contributed by atoms with van der Waals surface area (Å²) in [4.78, 5) is 24.5. The first kappa shape index (κ1) is 16.6. The minimum Gasteiger partial charge on any atom is -0.368 e. The third-order valence-electron chi connectivity index (χ3n) is 3.57. The predicted molar refractivity (Wildman–Crippen MR) is 98.9 cm³/mol. The third-order valence-corrected chi connectivity index (χ3v) is 4.62. The number of hydrogen-bond acceptors (Lipinski definition) is 5. The lowest BCUT2D eigenvalue weighted by atomic mass is 10.2. The summed E-state index contributed by atoms with van der Waals surface area (Å²) < 4.78 is 1.67. The first-order valence-corrected chi connectivity index (χ1v) is 9.12. The van der Waals surface area contributed by atoms with Gasteiger partial charge in [0.2, 0.25) is 0 Å². The topological polar surface area (TPSA) is 75.6 Å². The van der Waals surface area contributed by atoms with Crippen molar-refractivity contribution in [1.82, 2.24) is 19.5 Å². The molecule has 0 saturated carbocycles. The Morgan fingerprint density at radius 1 is 1.21 bits per heavy atom. The van der Waals surface area contributed by atoms with Crippen LogP contribution in [0.4, 0.5) is 5.82 Å². The van der Waals surface area contributed by atoms with Crippen LogP contribution in [-0.2, 0) is 6.54 Å². The number of H-pyrrole nitrogens is 1. The third kappa shape index (κ3) is 3.46. The SMILES string of the molecule is CCCSc1nc(NCC)c2[nH]c(=O)n(Cc3ccccc3)c2n1. The second-order valence-electron chi connectivity index (χ2n) is 5.43. The van der Waals surface area contributed by atoms with Crippen LogP contribution in [0.2, 0.25) is 0 Å². The van der Waals surface area contributed by atoms with Crippen molar-refractivity contribution < 1.29 is 0 Å². The molecular formula is C17H21N5OS. The number of imidazole rings is 1. The van der Waals surface area contributed by atoms with Crippen molar-refractivity contribution >= 4 is 28.7 Å². The second kappa shape index (κ2) is 7.53. The fourth-order valence-corrected chi connectivity index (χ4v) is 3.17. The van der Waals surface area contributed by atoms with Gasteiger partial charge in [0.15, 0.2) is 16.6 Å². The van der Waals surface area contributed by atoms with Crippen molar-refractivity contribution in [1.29, 1.82) is 0 Å². The van der Waals surface area contributed by atoms with Crippen LogP contribution in [-0.4, -0.2) is 31.8 Å². The molecule has 0 bridgehead atoms. The van der Waals surface area contributed by atoms with Crippen LogP contribution in [0.3, 0.4) is 0 Å². The van der Waals surface area contributed by atoms with E-state index < -0.39 is 0 Å². The lowest BCUT2D eigenvalue weighted by Gasteiger charge is -2.08. The normalized spacial score (nSPS) is 11.1. The van der Waals surface area contributed by atoms with Gasteiger partial charge < -0.3 is 10.3 Å². The summed E-state index contributed by atoms with van der Waals surface area (Å²) in [5, 5.41) is 3.92. The molecule has 0 aliphatic heterocycles. The van der Waals surface area contributed by atoms with Gasteiger partial charge in [-0.1, -0.05) is 49.0 Å². The van der Waals surface area contributed by atoms with E-state index in [1.807, 2.05) is 37.3 Å². The Morgan fingerprint density at radius 3 is 2.71 bits per heavy atom. The average molecular weight is 343 g/mol. The van der Waals surface area contributed by atoms with E-state index in [2.05, 4.69) is 27.2 Å². The molecule has 2 heterocycles. The Kier molecular flexibility index (Phi) is 5.20. The first-order chi connectivity index (χ1) is 11.7. The predicted octanol–water partition coefficient (Wildman–Crippen LogP) is 3.10. The van der Waals surface area contributed by atoms with Gasteiger partial charge in [-0.3, -0.25) is 4.57 Å². The van der Waals surface area contributed by atoms with Gasteiger partial charge in [-0.15, -0.1) is 0 Å². The molecule has 0 aliphatic carbocycles. The van der Waals surface area contributed by atoms with Crippen LogP contribution >= 0.6 is 11.8 Å². The van der Waals surface area contributed by atoms with Gasteiger partial charge in [0.25, 0.3) is 0 Å². The number of nitrogens with zero attached hydrogens (tertiary/aromatic N) is 3. The summed E-state index contributed by atoms with van der Waals surface area (Å²) in [6.07, 6.45) is 1.05. The lowest BCUT2D eigenvalue weighted by Crippen LogP contribution is -2.17. The fraction of sp³-hybridized carbons (Fsp3) is 0.353. The van der Waals surface area contributed by atoms with Crippen LogP contribution in [0, 0.1) is 0 Å². The van der Waals surface area contributed by atoms with Gasteiger partial charge in [0, 0.05) is 12.3 Å². The summed E-state index contributed by atoms with van der Waals surface area (Å²) in [7, 11) is 0. The molecule has 0 atom stereocenters. The number of anilines is 1. The number of benzene rings is 1. The lowest BCUT2D eigenvalue weighted by molar-refractivity contribution is 0.771. The summed E-state index contributed by atoms with van der Waals surface area (Å²) >= 11 is 1.61. The molecular weight excluding hydrogens is 322 g/mol. The van der Waals surface area contributed by atoms with Crippen molar-refractivity contribution in [2.45, 2.75) is 32.0 Å². The van der Waals surface area contributed by atoms with Crippen LogP contribution < -0.4 is 11.0 Å². The number of hydrogen-bond donors (Lipinski definition) is 2. The Balaban J connectivity index is 2.09. The van der Waals surface area contributed by atoms with Crippen molar-refractivity contribution in [3.63, 3.8) is 0 Å². The summed E-state index contributed by atoms with van der Waals surface area (Å²) in [6, 6.07) is 9.91. The molecule has 126 valence electrons. The number of thioether (sulfide) groups is 1. The molecule has 3 rings (SSSR count). The molecule has 0 saturated heterocycles. The van der Waals surface area contributed by atoms with Gasteiger partial charge >= 0.3 is 5.69 Å². The molecule has 1 aromatic carbocycles. The highest BCUT2D eigenvalue weighted by Gasteiger charge is 2.15. The molecule has 7 heteroatoms. The number of fused-ring (bicyclic) bond motifs is 1. The van der Waals surface area contributed by atoms with Gasteiger partial charge in [-0.2, -0.15) is 0 Å². The molecule has 0 fully saturated rings. The molecule has 0 spiro atoms. The number of nitrogens with one attached hydrogen (secondary N) is 2. The number of rotatable bonds is 7. The standard InChI is InChI=1S/C17H21N5OS/c1-3-10-24-16-20-14(18-4-2)13-15(21-16)22(17(23)19-13)11-12-8-6-5-7-9-12/h5-9H,3-4,10-11H2,1-2H3,(H,19,23)(H,18,20,21). The van der Waals surface area contributed by atoms with E-state index in [1.54, 1.807) is 16.3 Å². The molecule has 0 radical (unpaired) electrons. The quantitative estimate of drug-likeness (QED) is 0.509. The zero-order valence-corrected chi connectivity index (χ0v) is 14.7. The smallest absolute Gasteiger partial charge is 0.328 e. The largest absolute Gasteiger partial charge is 0.368 e. The molecule has 2 N–H and O–H groups in total. The zero-order chi connectivity index (χ0) is 16.9. The van der Waals surface area contributed by atoms with E-state index in [4.69, 9.17) is 0 Å². The molecule has 6 nitrogen and oxygen atoms in total. The summed E-state index contributed by atoms with van der Waals surface area (Å²) in [5.41, 5.74) is 2.21. The van der Waals surface area contributed by atoms with Crippen molar-refractivity contribution in [3.05, 3.63) is 46.4 Å². The minimum absolute atomic E-state index is 0.167. The monoisotopic (exact) mass is 343 g/mol. The zero-order valence-electron chi connectivity index (χ0n) is 13.9. The van der Waals surface area contributed by atoms with Crippen molar-refractivity contribution in [3.8, 4) is 0 Å². The highest BCUT2D eigenvalue weighted by atomic mass is 32.2. The van der Waals surface area contributed by atoms with Crippen LogP contribution in [0.5, 0.6) is 0 Å². The average Bonchev–Trinajstić information content (AvgIpc) is 2.91. The van der Waals surface area contributed by atoms with Crippen molar-refractivity contribution in [2.75, 3.05) is 17.6 Å². The fourth-order valence-electron chi connectivity index (χ4n) is 2.48. The summed E-state index contributed by atoms with van der Waals surface area (Å²) in [5.74, 6) is 1.63.